The van der Waals surface area contributed by atoms with Crippen molar-refractivity contribution in [3.05, 3.63) is 59.4 Å². The van der Waals surface area contributed by atoms with Gasteiger partial charge in [-0.2, -0.15) is 0 Å². The van der Waals surface area contributed by atoms with E-state index >= 15 is 0 Å². The number of ether oxygens (including phenoxy) is 1. The molecule has 5 heteroatoms. The Balaban J connectivity index is 2.31. The van der Waals surface area contributed by atoms with Gasteiger partial charge in [0, 0.05) is 25.8 Å². The van der Waals surface area contributed by atoms with Crippen LogP contribution in [0.3, 0.4) is 0 Å². The molecule has 0 N–H and O–H groups in total. The molecule has 0 aliphatic carbocycles. The summed E-state index contributed by atoms with van der Waals surface area (Å²) < 4.78 is 18.5. The van der Waals surface area contributed by atoms with Crippen molar-refractivity contribution in [1.82, 2.24) is 0 Å². The van der Waals surface area contributed by atoms with Crippen LogP contribution in [0.15, 0.2) is 42.5 Å². The van der Waals surface area contributed by atoms with Crippen LogP contribution in [0.25, 0.3) is 0 Å². The minimum Gasteiger partial charge on any atom is -0.422 e. The van der Waals surface area contributed by atoms with Crippen LogP contribution in [0.2, 0.25) is 0 Å². The number of benzene rings is 2. The van der Waals surface area contributed by atoms with Gasteiger partial charge in [-0.25, -0.2) is 9.18 Å². The lowest BCUT2D eigenvalue weighted by Crippen LogP contribution is -2.13. The van der Waals surface area contributed by atoms with Gasteiger partial charge in [0.05, 0.1) is 11.1 Å². The van der Waals surface area contributed by atoms with Gasteiger partial charge >= 0.3 is 5.97 Å². The molecular formula is C17H16FNO3. The van der Waals surface area contributed by atoms with E-state index < -0.39 is 11.8 Å². The zero-order chi connectivity index (χ0) is 16.3. The Kier molecular flexibility index (Phi) is 4.56. The fourth-order valence-corrected chi connectivity index (χ4v) is 1.94. The highest BCUT2D eigenvalue weighted by Gasteiger charge is 2.15. The number of ketones is 1. The molecule has 2 rings (SSSR count). The molecule has 0 aliphatic rings. The molecule has 0 spiro atoms. The summed E-state index contributed by atoms with van der Waals surface area (Å²) in [6.07, 6.45) is 0. The number of carbonyl (C=O) groups is 2. The van der Waals surface area contributed by atoms with Crippen LogP contribution in [-0.2, 0) is 0 Å². The molecule has 0 atom stereocenters. The number of nitrogens with zero attached hydrogens (tertiary/aromatic N) is 1. The lowest BCUT2D eigenvalue weighted by atomic mass is 10.1. The van der Waals surface area contributed by atoms with E-state index in [1.54, 1.807) is 18.2 Å². The molecule has 114 valence electrons. The largest absolute Gasteiger partial charge is 0.422 e. The number of rotatable bonds is 4. The molecular weight excluding hydrogens is 285 g/mol. The van der Waals surface area contributed by atoms with Crippen molar-refractivity contribution in [2.45, 2.75) is 6.92 Å². The highest BCUT2D eigenvalue weighted by molar-refractivity contribution is 5.99. The number of anilines is 1. The van der Waals surface area contributed by atoms with Crippen molar-refractivity contribution in [1.29, 1.82) is 0 Å². The third kappa shape index (κ3) is 3.49. The molecule has 22 heavy (non-hydrogen) atoms. The van der Waals surface area contributed by atoms with Gasteiger partial charge in [-0.1, -0.05) is 6.07 Å². The smallest absolute Gasteiger partial charge is 0.343 e. The SMILES string of the molecule is CC(=O)c1ccc(F)cc1OC(=O)c1cccc(N(C)C)c1. The molecule has 0 aromatic heterocycles. The number of esters is 1. The van der Waals surface area contributed by atoms with E-state index in [9.17, 15) is 14.0 Å². The molecule has 0 amide bonds. The third-order valence-electron chi connectivity index (χ3n) is 3.12. The summed E-state index contributed by atoms with van der Waals surface area (Å²) in [5.41, 5.74) is 1.32. The average Bonchev–Trinajstić information content (AvgIpc) is 2.47. The Bertz CT molecular complexity index is 726. The topological polar surface area (TPSA) is 46.6 Å². The molecule has 0 bridgehead atoms. The van der Waals surface area contributed by atoms with E-state index in [0.29, 0.717) is 5.56 Å². The lowest BCUT2D eigenvalue weighted by molar-refractivity contribution is 0.0732. The van der Waals surface area contributed by atoms with Crippen LogP contribution in [-0.4, -0.2) is 25.8 Å². The summed E-state index contributed by atoms with van der Waals surface area (Å²) in [4.78, 5) is 25.6. The van der Waals surface area contributed by atoms with Crippen molar-refractivity contribution in [3.8, 4) is 5.75 Å². The lowest BCUT2D eigenvalue weighted by Gasteiger charge is -2.13. The Labute approximate surface area is 128 Å². The monoisotopic (exact) mass is 301 g/mol. The Hall–Kier alpha value is -2.69. The van der Waals surface area contributed by atoms with Crippen molar-refractivity contribution in [2.75, 3.05) is 19.0 Å². The van der Waals surface area contributed by atoms with Crippen molar-refractivity contribution < 1.29 is 18.7 Å². The number of hydrogen-bond donors (Lipinski definition) is 0. The van der Waals surface area contributed by atoms with Crippen LogP contribution in [0.1, 0.15) is 27.6 Å². The van der Waals surface area contributed by atoms with Gasteiger partial charge in [-0.05, 0) is 37.3 Å². The van der Waals surface area contributed by atoms with E-state index in [4.69, 9.17) is 4.74 Å². The first-order valence-corrected chi connectivity index (χ1v) is 6.68. The van der Waals surface area contributed by atoms with Gasteiger partial charge in [-0.15, -0.1) is 0 Å². The fourth-order valence-electron chi connectivity index (χ4n) is 1.94. The molecule has 0 fully saturated rings. The van der Waals surface area contributed by atoms with Gasteiger partial charge < -0.3 is 9.64 Å². The molecule has 2 aromatic rings. The van der Waals surface area contributed by atoms with Crippen LogP contribution in [0, 0.1) is 5.82 Å². The minimum absolute atomic E-state index is 0.0762. The highest BCUT2D eigenvalue weighted by Crippen LogP contribution is 2.22. The highest BCUT2D eigenvalue weighted by atomic mass is 19.1. The van der Waals surface area contributed by atoms with Gasteiger partial charge in [0.15, 0.2) is 5.78 Å². The molecule has 0 saturated carbocycles. The van der Waals surface area contributed by atoms with Crippen LogP contribution in [0.4, 0.5) is 10.1 Å². The molecule has 0 saturated heterocycles. The number of carbonyl (C=O) groups excluding carboxylic acids is 2. The second-order valence-electron chi connectivity index (χ2n) is 5.03. The fraction of sp³-hybridized carbons (Fsp3) is 0.176. The van der Waals surface area contributed by atoms with Crippen molar-refractivity contribution >= 4 is 17.4 Å². The maximum Gasteiger partial charge on any atom is 0.343 e. The van der Waals surface area contributed by atoms with E-state index in [1.165, 1.54) is 13.0 Å². The number of halogens is 1. The van der Waals surface area contributed by atoms with Gasteiger partial charge in [0.1, 0.15) is 11.6 Å². The summed E-state index contributed by atoms with van der Waals surface area (Å²) in [5, 5.41) is 0. The maximum absolute atomic E-state index is 13.3. The van der Waals surface area contributed by atoms with Gasteiger partial charge in [0.2, 0.25) is 0 Å². The molecule has 0 heterocycles. The zero-order valence-electron chi connectivity index (χ0n) is 12.6. The predicted octanol–water partition coefficient (Wildman–Crippen LogP) is 3.31. The summed E-state index contributed by atoms with van der Waals surface area (Å²) >= 11 is 0. The zero-order valence-corrected chi connectivity index (χ0v) is 12.6. The van der Waals surface area contributed by atoms with Crippen LogP contribution >= 0.6 is 0 Å². The Morgan fingerprint density at radius 3 is 2.45 bits per heavy atom. The summed E-state index contributed by atoms with van der Waals surface area (Å²) in [6, 6.07) is 10.3. The van der Waals surface area contributed by atoms with Crippen LogP contribution in [0.5, 0.6) is 5.75 Å². The molecule has 4 nitrogen and oxygen atoms in total. The Morgan fingerprint density at radius 2 is 1.82 bits per heavy atom. The third-order valence-corrected chi connectivity index (χ3v) is 3.12. The molecule has 0 radical (unpaired) electrons. The van der Waals surface area contributed by atoms with E-state index in [2.05, 4.69) is 0 Å². The van der Waals surface area contributed by atoms with Crippen LogP contribution < -0.4 is 9.64 Å². The normalized spacial score (nSPS) is 10.2. The average molecular weight is 301 g/mol. The first-order chi connectivity index (χ1) is 10.4. The van der Waals surface area contributed by atoms with E-state index in [-0.39, 0.29) is 17.1 Å². The first kappa shape index (κ1) is 15.7. The van der Waals surface area contributed by atoms with E-state index in [0.717, 1.165) is 17.8 Å². The minimum atomic E-state index is -0.642. The Morgan fingerprint density at radius 1 is 1.09 bits per heavy atom. The second kappa shape index (κ2) is 6.39. The second-order valence-corrected chi connectivity index (χ2v) is 5.03. The predicted molar refractivity (Wildman–Crippen MR) is 82.1 cm³/mol. The number of Topliss-reactive ketones (excluding diaryl/α,β-unsaturated/α-hetero) is 1. The van der Waals surface area contributed by atoms with Gasteiger partial charge in [0.25, 0.3) is 0 Å². The summed E-state index contributed by atoms with van der Waals surface area (Å²) in [7, 11) is 3.70. The molecule has 2 aromatic carbocycles. The van der Waals surface area contributed by atoms with Crippen molar-refractivity contribution in [2.24, 2.45) is 0 Å². The molecule has 0 aliphatic heterocycles. The summed E-state index contributed by atoms with van der Waals surface area (Å²) in [5.74, 6) is -1.59. The quantitative estimate of drug-likeness (QED) is 0.494. The number of hydrogen-bond acceptors (Lipinski definition) is 4. The van der Waals surface area contributed by atoms with Crippen molar-refractivity contribution in [3.63, 3.8) is 0 Å². The first-order valence-electron chi connectivity index (χ1n) is 6.68. The summed E-state index contributed by atoms with van der Waals surface area (Å²) in [6.45, 7) is 1.33. The standard InChI is InChI=1S/C17H16FNO3/c1-11(20)15-8-7-13(18)10-16(15)22-17(21)12-5-4-6-14(9-12)19(2)3/h4-10H,1-3H3. The van der Waals surface area contributed by atoms with E-state index in [1.807, 2.05) is 25.1 Å². The van der Waals surface area contributed by atoms with Gasteiger partial charge in [-0.3, -0.25) is 4.79 Å². The molecule has 0 unspecified atom stereocenters. The maximum atomic E-state index is 13.3.